The molecule has 1 aromatic heterocycles. The predicted octanol–water partition coefficient (Wildman–Crippen LogP) is 1.98. The summed E-state index contributed by atoms with van der Waals surface area (Å²) in [6.45, 7) is 0. The minimum absolute atomic E-state index is 0.449. The highest BCUT2D eigenvalue weighted by Crippen LogP contribution is 2.21. The summed E-state index contributed by atoms with van der Waals surface area (Å²) in [5, 5.41) is 9.07. The third-order valence-electron chi connectivity index (χ3n) is 1.63. The first-order valence-corrected chi connectivity index (χ1v) is 4.41. The molecule has 0 atom stereocenters. The average Bonchev–Trinajstić information content (AvgIpc) is 2.58. The van der Waals surface area contributed by atoms with Crippen molar-refractivity contribution in [2.45, 2.75) is 0 Å². The van der Waals surface area contributed by atoms with Crippen LogP contribution in [0.15, 0.2) is 18.2 Å². The molecule has 0 aliphatic heterocycles. The van der Waals surface area contributed by atoms with E-state index in [-0.39, 0.29) is 0 Å². The minimum atomic E-state index is 0.449. The monoisotopic (exact) mass is 188 g/mol. The number of aromatic nitrogens is 1. The van der Waals surface area contributed by atoms with Gasteiger partial charge in [0.1, 0.15) is 0 Å². The quantitative estimate of drug-likeness (QED) is 0.643. The summed E-state index contributed by atoms with van der Waals surface area (Å²) in [5.41, 5.74) is 1.28. The van der Waals surface area contributed by atoms with Gasteiger partial charge in [-0.15, -0.1) is 11.3 Å². The zero-order valence-electron chi connectivity index (χ0n) is 6.52. The van der Waals surface area contributed by atoms with Gasteiger partial charge < -0.3 is 0 Å². The number of aldehydes is 1. The van der Waals surface area contributed by atoms with E-state index < -0.39 is 0 Å². The summed E-state index contributed by atoms with van der Waals surface area (Å²) in [4.78, 5) is 14.5. The number of thiazole rings is 1. The lowest BCUT2D eigenvalue weighted by Crippen LogP contribution is -1.75. The van der Waals surface area contributed by atoms with E-state index in [4.69, 9.17) is 5.26 Å². The summed E-state index contributed by atoms with van der Waals surface area (Å²) in [6.07, 6.45) is 0.719. The normalized spacial score (nSPS) is 9.77. The van der Waals surface area contributed by atoms with Crippen LogP contribution in [0.1, 0.15) is 15.4 Å². The number of hydrogen-bond donors (Lipinski definition) is 0. The van der Waals surface area contributed by atoms with Crippen molar-refractivity contribution in [3.63, 3.8) is 0 Å². The Morgan fingerprint density at radius 2 is 2.38 bits per heavy atom. The molecular formula is C9H4N2OS. The van der Waals surface area contributed by atoms with Gasteiger partial charge in [-0.3, -0.25) is 4.79 Å². The van der Waals surface area contributed by atoms with E-state index in [9.17, 15) is 4.79 Å². The van der Waals surface area contributed by atoms with Crippen LogP contribution in [0.4, 0.5) is 0 Å². The molecule has 2 aromatic rings. The van der Waals surface area contributed by atoms with E-state index in [2.05, 4.69) is 4.98 Å². The average molecular weight is 188 g/mol. The third kappa shape index (κ3) is 1.30. The number of carbonyl (C=O) groups excluding carboxylic acids is 1. The third-order valence-corrected chi connectivity index (χ3v) is 2.60. The molecule has 0 fully saturated rings. The number of carbonyl (C=O) groups is 1. The van der Waals surface area contributed by atoms with Crippen LogP contribution in [0.2, 0.25) is 0 Å². The molecule has 0 aliphatic rings. The zero-order valence-corrected chi connectivity index (χ0v) is 7.34. The first-order chi connectivity index (χ1) is 6.33. The largest absolute Gasteiger partial charge is 0.295 e. The molecule has 0 bridgehead atoms. The molecule has 3 nitrogen and oxygen atoms in total. The fourth-order valence-corrected chi connectivity index (χ4v) is 1.83. The minimum Gasteiger partial charge on any atom is -0.295 e. The van der Waals surface area contributed by atoms with E-state index in [1.54, 1.807) is 18.2 Å². The Hall–Kier alpha value is -1.73. The highest BCUT2D eigenvalue weighted by Gasteiger charge is 2.02. The van der Waals surface area contributed by atoms with E-state index in [1.807, 2.05) is 6.07 Å². The van der Waals surface area contributed by atoms with Crippen molar-refractivity contribution < 1.29 is 4.79 Å². The lowest BCUT2D eigenvalue weighted by atomic mass is 10.2. The van der Waals surface area contributed by atoms with Gasteiger partial charge in [0.25, 0.3) is 0 Å². The van der Waals surface area contributed by atoms with Crippen molar-refractivity contribution >= 4 is 27.8 Å². The molecule has 1 heterocycles. The van der Waals surface area contributed by atoms with Crippen molar-refractivity contribution in [1.29, 1.82) is 5.26 Å². The molecule has 62 valence electrons. The molecule has 0 N–H and O–H groups in total. The van der Waals surface area contributed by atoms with Crippen LogP contribution in [0, 0.1) is 11.3 Å². The first-order valence-electron chi connectivity index (χ1n) is 3.59. The number of fused-ring (bicyclic) bond motifs is 1. The van der Waals surface area contributed by atoms with Gasteiger partial charge >= 0.3 is 0 Å². The summed E-state index contributed by atoms with van der Waals surface area (Å²) in [5.74, 6) is 0. The van der Waals surface area contributed by atoms with E-state index in [1.165, 1.54) is 11.3 Å². The van der Waals surface area contributed by atoms with Crippen LogP contribution in [0.3, 0.4) is 0 Å². The molecule has 0 aliphatic carbocycles. The molecule has 0 spiro atoms. The summed E-state index contributed by atoms with van der Waals surface area (Å²) in [6, 6.07) is 7.22. The smallest absolute Gasteiger partial charge is 0.178 e. The van der Waals surface area contributed by atoms with Gasteiger partial charge in [-0.25, -0.2) is 4.98 Å². The Labute approximate surface area is 78.3 Å². The Balaban J connectivity index is 2.72. The lowest BCUT2D eigenvalue weighted by Gasteiger charge is -1.86. The number of nitrogens with zero attached hydrogens (tertiary/aromatic N) is 2. The van der Waals surface area contributed by atoms with Gasteiger partial charge in [0, 0.05) is 0 Å². The topological polar surface area (TPSA) is 53.8 Å². The standard InChI is InChI=1S/C9H4N2OS/c10-4-6-1-2-8-7(3-6)11-9(5-12)13-8/h1-3,5H. The Bertz CT molecular complexity index is 510. The highest BCUT2D eigenvalue weighted by atomic mass is 32.1. The van der Waals surface area contributed by atoms with E-state index in [0.717, 1.165) is 11.0 Å². The summed E-state index contributed by atoms with van der Waals surface area (Å²) >= 11 is 1.33. The van der Waals surface area contributed by atoms with Crippen LogP contribution >= 0.6 is 11.3 Å². The lowest BCUT2D eigenvalue weighted by molar-refractivity contribution is 0.112. The molecule has 2 rings (SSSR count). The fraction of sp³-hybridized carbons (Fsp3) is 0. The van der Waals surface area contributed by atoms with Crippen LogP contribution in [0.25, 0.3) is 10.2 Å². The maximum absolute atomic E-state index is 10.4. The molecule has 0 amide bonds. The van der Waals surface area contributed by atoms with Gasteiger partial charge in [-0.05, 0) is 18.2 Å². The van der Waals surface area contributed by atoms with Gasteiger partial charge in [0.05, 0.1) is 21.8 Å². The fourth-order valence-electron chi connectivity index (χ4n) is 1.07. The van der Waals surface area contributed by atoms with E-state index >= 15 is 0 Å². The van der Waals surface area contributed by atoms with Crippen molar-refractivity contribution in [2.24, 2.45) is 0 Å². The summed E-state index contributed by atoms with van der Waals surface area (Å²) in [7, 11) is 0. The van der Waals surface area contributed by atoms with Crippen molar-refractivity contribution in [2.75, 3.05) is 0 Å². The number of rotatable bonds is 1. The van der Waals surface area contributed by atoms with Gasteiger partial charge in [-0.1, -0.05) is 0 Å². The number of hydrogen-bond acceptors (Lipinski definition) is 4. The van der Waals surface area contributed by atoms with Gasteiger partial charge in [0.2, 0.25) is 0 Å². The van der Waals surface area contributed by atoms with Gasteiger partial charge in [0.15, 0.2) is 11.3 Å². The Kier molecular flexibility index (Phi) is 1.80. The van der Waals surface area contributed by atoms with Gasteiger partial charge in [-0.2, -0.15) is 5.26 Å². The second kappa shape index (κ2) is 2.96. The molecule has 0 saturated carbocycles. The van der Waals surface area contributed by atoms with E-state index in [0.29, 0.717) is 16.1 Å². The van der Waals surface area contributed by atoms with Crippen molar-refractivity contribution in [3.05, 3.63) is 28.8 Å². The Morgan fingerprint density at radius 1 is 1.54 bits per heavy atom. The molecular weight excluding hydrogens is 184 g/mol. The second-order valence-corrected chi connectivity index (χ2v) is 3.53. The molecule has 0 saturated heterocycles. The SMILES string of the molecule is N#Cc1ccc2sc(C=O)nc2c1. The summed E-state index contributed by atoms with van der Waals surface area (Å²) < 4.78 is 0.932. The van der Waals surface area contributed by atoms with Crippen LogP contribution in [-0.2, 0) is 0 Å². The maximum Gasteiger partial charge on any atom is 0.178 e. The number of benzene rings is 1. The zero-order chi connectivity index (χ0) is 9.26. The molecule has 13 heavy (non-hydrogen) atoms. The number of nitriles is 1. The first kappa shape index (κ1) is 7.90. The van der Waals surface area contributed by atoms with Crippen molar-refractivity contribution in [3.8, 4) is 6.07 Å². The van der Waals surface area contributed by atoms with Crippen LogP contribution < -0.4 is 0 Å². The second-order valence-electron chi connectivity index (χ2n) is 2.46. The molecule has 0 radical (unpaired) electrons. The molecule has 0 unspecified atom stereocenters. The molecule has 1 aromatic carbocycles. The molecule has 4 heteroatoms. The van der Waals surface area contributed by atoms with Crippen LogP contribution in [0.5, 0.6) is 0 Å². The predicted molar refractivity (Wildman–Crippen MR) is 49.7 cm³/mol. The maximum atomic E-state index is 10.4. The highest BCUT2D eigenvalue weighted by molar-refractivity contribution is 7.20. The Morgan fingerprint density at radius 3 is 3.08 bits per heavy atom. The van der Waals surface area contributed by atoms with Crippen LogP contribution in [-0.4, -0.2) is 11.3 Å². The van der Waals surface area contributed by atoms with Crippen molar-refractivity contribution in [1.82, 2.24) is 4.98 Å².